The molecule has 1 aromatic carbocycles. The normalized spacial score (nSPS) is 9.42. The van der Waals surface area contributed by atoms with E-state index in [1.165, 1.54) is 12.1 Å². The standard InChI is InChI=1S/C7H3BrNO3/c8-7-2-1-6(9(11)12)3-5(7)4-10/h1-3H. The van der Waals surface area contributed by atoms with Crippen LogP contribution in [0.5, 0.6) is 0 Å². The number of carbonyl (C=O) groups excluding carboxylic acids is 1. The molecule has 0 N–H and O–H groups in total. The van der Waals surface area contributed by atoms with Gasteiger partial charge in [0, 0.05) is 22.2 Å². The lowest BCUT2D eigenvalue weighted by atomic mass is 10.2. The lowest BCUT2D eigenvalue weighted by molar-refractivity contribution is -0.384. The van der Waals surface area contributed by atoms with Crippen molar-refractivity contribution in [3.8, 4) is 0 Å². The highest BCUT2D eigenvalue weighted by Crippen LogP contribution is 2.20. The van der Waals surface area contributed by atoms with E-state index in [0.717, 1.165) is 6.07 Å². The van der Waals surface area contributed by atoms with Crippen molar-refractivity contribution in [3.63, 3.8) is 0 Å². The minimum atomic E-state index is -0.562. The van der Waals surface area contributed by atoms with Crippen LogP contribution in [0.4, 0.5) is 5.69 Å². The van der Waals surface area contributed by atoms with Crippen molar-refractivity contribution in [1.29, 1.82) is 0 Å². The Bertz CT molecular complexity index is 337. The van der Waals surface area contributed by atoms with Gasteiger partial charge in [0.05, 0.1) is 4.92 Å². The molecule has 0 fully saturated rings. The van der Waals surface area contributed by atoms with Crippen LogP contribution >= 0.6 is 15.9 Å². The molecule has 0 aromatic heterocycles. The molecule has 0 aliphatic carbocycles. The summed E-state index contributed by atoms with van der Waals surface area (Å²) in [5.41, 5.74) is 0.0424. The number of nitro benzene ring substituents is 1. The number of halogens is 1. The molecular formula is C7H3BrNO3. The minimum Gasteiger partial charge on any atom is -0.285 e. The van der Waals surface area contributed by atoms with Gasteiger partial charge in [0.1, 0.15) is 0 Å². The van der Waals surface area contributed by atoms with Crippen LogP contribution in [0.1, 0.15) is 5.56 Å². The first-order chi connectivity index (χ1) is 5.65. The fraction of sp³-hybridized carbons (Fsp3) is 0. The monoisotopic (exact) mass is 228 g/mol. The highest BCUT2D eigenvalue weighted by molar-refractivity contribution is 9.10. The summed E-state index contributed by atoms with van der Waals surface area (Å²) < 4.78 is 0.503. The Balaban J connectivity index is 3.22. The maximum absolute atomic E-state index is 10.2. The van der Waals surface area contributed by atoms with Crippen LogP contribution in [0, 0.1) is 10.1 Å². The molecule has 4 nitrogen and oxygen atoms in total. The Hall–Kier alpha value is -1.23. The van der Waals surface area contributed by atoms with Crippen molar-refractivity contribution in [2.45, 2.75) is 0 Å². The van der Waals surface area contributed by atoms with Crippen LogP contribution in [-0.4, -0.2) is 11.2 Å². The summed E-state index contributed by atoms with van der Waals surface area (Å²) in [5, 5.41) is 10.2. The van der Waals surface area contributed by atoms with Gasteiger partial charge in [0.15, 0.2) is 0 Å². The third-order valence-corrected chi connectivity index (χ3v) is 1.96. The molecule has 1 radical (unpaired) electrons. The first-order valence-electron chi connectivity index (χ1n) is 2.97. The Morgan fingerprint density at radius 3 is 2.67 bits per heavy atom. The third kappa shape index (κ3) is 1.68. The summed E-state index contributed by atoms with van der Waals surface area (Å²) in [4.78, 5) is 19.9. The predicted octanol–water partition coefficient (Wildman–Crippen LogP) is 1.82. The van der Waals surface area contributed by atoms with Crippen LogP contribution in [0.25, 0.3) is 0 Å². The first kappa shape index (κ1) is 8.86. The van der Waals surface area contributed by atoms with Crippen LogP contribution in [0.3, 0.4) is 0 Å². The van der Waals surface area contributed by atoms with E-state index in [0.29, 0.717) is 4.47 Å². The molecule has 12 heavy (non-hydrogen) atoms. The molecule has 0 unspecified atom stereocenters. The predicted molar refractivity (Wildman–Crippen MR) is 45.6 cm³/mol. The van der Waals surface area contributed by atoms with Crippen LogP contribution in [0.2, 0.25) is 0 Å². The average molecular weight is 229 g/mol. The van der Waals surface area contributed by atoms with Gasteiger partial charge in [-0.2, -0.15) is 0 Å². The molecule has 61 valence electrons. The number of nitrogens with zero attached hydrogens (tertiary/aromatic N) is 1. The molecule has 0 bridgehead atoms. The number of nitro groups is 1. The maximum atomic E-state index is 10.2. The van der Waals surface area contributed by atoms with Gasteiger partial charge in [0.2, 0.25) is 6.29 Å². The fourth-order valence-electron chi connectivity index (χ4n) is 0.705. The number of rotatable bonds is 2. The van der Waals surface area contributed by atoms with E-state index in [2.05, 4.69) is 15.9 Å². The molecule has 1 aromatic rings. The zero-order valence-corrected chi connectivity index (χ0v) is 7.37. The maximum Gasteiger partial charge on any atom is 0.270 e. The summed E-state index contributed by atoms with van der Waals surface area (Å²) in [7, 11) is 0. The average Bonchev–Trinajstić information content (AvgIpc) is 2.05. The number of hydrogen-bond acceptors (Lipinski definition) is 3. The van der Waals surface area contributed by atoms with Gasteiger partial charge in [-0.1, -0.05) is 15.9 Å². The summed E-state index contributed by atoms with van der Waals surface area (Å²) in [6, 6.07) is 3.92. The Kier molecular flexibility index (Phi) is 2.54. The summed E-state index contributed by atoms with van der Waals surface area (Å²) in [6.07, 6.45) is 1.59. The lowest BCUT2D eigenvalue weighted by Gasteiger charge is -1.94. The van der Waals surface area contributed by atoms with Crippen molar-refractivity contribution in [3.05, 3.63) is 38.3 Å². The molecule has 0 amide bonds. The third-order valence-electron chi connectivity index (χ3n) is 1.27. The first-order valence-corrected chi connectivity index (χ1v) is 3.76. The molecule has 0 aliphatic heterocycles. The van der Waals surface area contributed by atoms with Gasteiger partial charge in [-0.25, -0.2) is 0 Å². The van der Waals surface area contributed by atoms with Crippen molar-refractivity contribution in [2.75, 3.05) is 0 Å². The number of non-ortho nitro benzene ring substituents is 1. The van der Waals surface area contributed by atoms with Crippen molar-refractivity contribution < 1.29 is 9.72 Å². The minimum absolute atomic E-state index is 0.114. The quantitative estimate of drug-likeness (QED) is 0.573. The Morgan fingerprint density at radius 1 is 1.50 bits per heavy atom. The highest BCUT2D eigenvalue weighted by Gasteiger charge is 2.08. The van der Waals surface area contributed by atoms with Gasteiger partial charge >= 0.3 is 0 Å². The van der Waals surface area contributed by atoms with E-state index in [1.54, 1.807) is 6.29 Å². The fourth-order valence-corrected chi connectivity index (χ4v) is 1.03. The molecular weight excluding hydrogens is 226 g/mol. The van der Waals surface area contributed by atoms with Crippen molar-refractivity contribution >= 4 is 27.9 Å². The molecule has 0 aliphatic rings. The van der Waals surface area contributed by atoms with E-state index in [1.807, 2.05) is 0 Å². The highest BCUT2D eigenvalue weighted by atomic mass is 79.9. The van der Waals surface area contributed by atoms with Crippen molar-refractivity contribution in [2.24, 2.45) is 0 Å². The van der Waals surface area contributed by atoms with Gasteiger partial charge in [0.25, 0.3) is 5.69 Å². The van der Waals surface area contributed by atoms with Gasteiger partial charge in [-0.05, 0) is 6.07 Å². The van der Waals surface area contributed by atoms with E-state index in [9.17, 15) is 14.9 Å². The van der Waals surface area contributed by atoms with Gasteiger partial charge < -0.3 is 0 Å². The molecule has 1 rings (SSSR count). The van der Waals surface area contributed by atoms with Crippen molar-refractivity contribution in [1.82, 2.24) is 0 Å². The van der Waals surface area contributed by atoms with Gasteiger partial charge in [-0.3, -0.25) is 14.9 Å². The lowest BCUT2D eigenvalue weighted by Crippen LogP contribution is -1.90. The number of hydrogen-bond donors (Lipinski definition) is 0. The largest absolute Gasteiger partial charge is 0.285 e. The van der Waals surface area contributed by atoms with Crippen LogP contribution in [-0.2, 0) is 4.79 Å². The van der Waals surface area contributed by atoms with E-state index in [-0.39, 0.29) is 11.3 Å². The summed E-state index contributed by atoms with van der Waals surface area (Å²) in [5.74, 6) is 0. The SMILES string of the molecule is O=[C]c1cc([N+](=O)[O-])ccc1Br. The molecule has 0 saturated carbocycles. The molecule has 0 spiro atoms. The topological polar surface area (TPSA) is 60.2 Å². The smallest absolute Gasteiger partial charge is 0.270 e. The second kappa shape index (κ2) is 3.44. The van der Waals surface area contributed by atoms with Gasteiger partial charge in [-0.15, -0.1) is 0 Å². The Morgan fingerprint density at radius 2 is 2.17 bits per heavy atom. The van der Waals surface area contributed by atoms with Crippen LogP contribution < -0.4 is 0 Å². The molecule has 0 heterocycles. The zero-order chi connectivity index (χ0) is 9.14. The van der Waals surface area contributed by atoms with E-state index in [4.69, 9.17) is 0 Å². The Labute approximate surface area is 76.5 Å². The second-order valence-electron chi connectivity index (χ2n) is 2.02. The van der Waals surface area contributed by atoms with E-state index >= 15 is 0 Å². The van der Waals surface area contributed by atoms with E-state index < -0.39 is 4.92 Å². The zero-order valence-electron chi connectivity index (χ0n) is 5.78. The molecule has 5 heteroatoms. The molecule has 0 saturated heterocycles. The van der Waals surface area contributed by atoms with Crippen LogP contribution in [0.15, 0.2) is 22.7 Å². The number of benzene rings is 1. The second-order valence-corrected chi connectivity index (χ2v) is 2.88. The molecule has 0 atom stereocenters. The summed E-state index contributed by atoms with van der Waals surface area (Å²) in [6.45, 7) is 0. The summed E-state index contributed by atoms with van der Waals surface area (Å²) >= 11 is 3.05.